The van der Waals surface area contributed by atoms with E-state index in [1.165, 1.54) is 4.90 Å². The lowest BCUT2D eigenvalue weighted by molar-refractivity contribution is -0.145. The molecule has 3 aliphatic heterocycles. The van der Waals surface area contributed by atoms with Crippen molar-refractivity contribution in [3.63, 3.8) is 0 Å². The Morgan fingerprint density at radius 1 is 1.31 bits per heavy atom. The molecule has 1 aromatic rings. The molecule has 4 rings (SSSR count). The van der Waals surface area contributed by atoms with E-state index in [0.29, 0.717) is 22.7 Å². The predicted octanol–water partition coefficient (Wildman–Crippen LogP) is 1.12. The van der Waals surface area contributed by atoms with Gasteiger partial charge in [0.05, 0.1) is 22.5 Å². The lowest BCUT2D eigenvalue weighted by Crippen LogP contribution is -2.54. The summed E-state index contributed by atoms with van der Waals surface area (Å²) in [7, 11) is 0. The number of primary amides is 1. The SMILES string of the molecule is CCC(C)N1C(=O)C2C(CCC(N)=O)NC3(C(=O)Nc4c(Cl)cccc43)C2C1=O. The Morgan fingerprint density at radius 2 is 2.03 bits per heavy atom. The van der Waals surface area contributed by atoms with E-state index in [9.17, 15) is 19.2 Å². The zero-order valence-electron chi connectivity index (χ0n) is 16.2. The quantitative estimate of drug-likeness (QED) is 0.618. The van der Waals surface area contributed by atoms with Crippen LogP contribution >= 0.6 is 11.6 Å². The average molecular weight is 419 g/mol. The number of carbonyl (C=O) groups is 4. The van der Waals surface area contributed by atoms with Crippen LogP contribution in [0.1, 0.15) is 38.7 Å². The molecule has 1 aromatic carbocycles. The topological polar surface area (TPSA) is 122 Å². The fraction of sp³-hybridized carbons (Fsp3) is 0.500. The molecule has 3 heterocycles. The van der Waals surface area contributed by atoms with Crippen molar-refractivity contribution in [1.29, 1.82) is 0 Å². The van der Waals surface area contributed by atoms with Crippen LogP contribution in [0.2, 0.25) is 5.02 Å². The maximum absolute atomic E-state index is 13.4. The van der Waals surface area contributed by atoms with Gasteiger partial charge in [0.15, 0.2) is 0 Å². The highest BCUT2D eigenvalue weighted by Crippen LogP contribution is 2.54. The zero-order chi connectivity index (χ0) is 21.1. The maximum Gasteiger partial charge on any atom is 0.250 e. The van der Waals surface area contributed by atoms with Crippen LogP contribution in [0, 0.1) is 11.8 Å². The number of imide groups is 1. The minimum Gasteiger partial charge on any atom is -0.370 e. The molecule has 5 unspecified atom stereocenters. The van der Waals surface area contributed by atoms with Crippen molar-refractivity contribution in [2.75, 3.05) is 5.32 Å². The van der Waals surface area contributed by atoms with Crippen LogP contribution in [0.4, 0.5) is 5.69 Å². The van der Waals surface area contributed by atoms with Crippen LogP contribution in [0.25, 0.3) is 0 Å². The normalized spacial score (nSPS) is 31.2. The molecule has 0 aliphatic carbocycles. The van der Waals surface area contributed by atoms with Crippen LogP contribution in [0.15, 0.2) is 18.2 Å². The highest BCUT2D eigenvalue weighted by Gasteiger charge is 2.70. The molecular formula is C20H23ClN4O4. The Kier molecular flexibility index (Phi) is 4.66. The number of carbonyl (C=O) groups excluding carboxylic acids is 4. The second-order valence-electron chi connectivity index (χ2n) is 7.99. The molecule has 3 aliphatic rings. The van der Waals surface area contributed by atoms with Gasteiger partial charge >= 0.3 is 0 Å². The fourth-order valence-corrected chi connectivity index (χ4v) is 5.20. The summed E-state index contributed by atoms with van der Waals surface area (Å²) in [5.74, 6) is -3.24. The number of nitrogens with one attached hydrogen (secondary N) is 2. The number of nitrogens with two attached hydrogens (primary N) is 1. The van der Waals surface area contributed by atoms with Crippen LogP contribution in [0.5, 0.6) is 0 Å². The average Bonchev–Trinajstić information content (AvgIpc) is 3.26. The summed E-state index contributed by atoms with van der Waals surface area (Å²) < 4.78 is 0. The number of benzene rings is 1. The third kappa shape index (κ3) is 2.62. The van der Waals surface area contributed by atoms with E-state index in [-0.39, 0.29) is 30.7 Å². The fourth-order valence-electron chi connectivity index (χ4n) is 4.98. The number of hydrogen-bond acceptors (Lipinski definition) is 5. The Bertz CT molecular complexity index is 935. The Hall–Kier alpha value is -2.45. The Balaban J connectivity index is 1.86. The third-order valence-corrected chi connectivity index (χ3v) is 6.78. The van der Waals surface area contributed by atoms with Gasteiger partial charge in [-0.1, -0.05) is 30.7 Å². The first-order valence-electron chi connectivity index (χ1n) is 9.77. The van der Waals surface area contributed by atoms with Gasteiger partial charge in [-0.2, -0.15) is 0 Å². The standard InChI is InChI=1S/C20H23ClN4O4/c1-3-9(2)25-17(27)14-12(7-8-13(22)26)24-20(15(14)18(25)28)10-5-4-6-11(21)16(10)23-19(20)29/h4-6,9,12,14-15,24H,3,7-8H2,1-2H3,(H2,22,26)(H,23,29). The van der Waals surface area contributed by atoms with Crippen molar-refractivity contribution in [3.8, 4) is 0 Å². The van der Waals surface area contributed by atoms with E-state index in [4.69, 9.17) is 17.3 Å². The molecule has 4 N–H and O–H groups in total. The molecule has 9 heteroatoms. The number of para-hydroxylation sites is 1. The van der Waals surface area contributed by atoms with Gasteiger partial charge < -0.3 is 11.1 Å². The largest absolute Gasteiger partial charge is 0.370 e. The van der Waals surface area contributed by atoms with Gasteiger partial charge in [0.1, 0.15) is 5.54 Å². The minimum absolute atomic E-state index is 0.0474. The molecule has 29 heavy (non-hydrogen) atoms. The highest BCUT2D eigenvalue weighted by atomic mass is 35.5. The number of nitrogens with zero attached hydrogens (tertiary/aromatic N) is 1. The molecule has 4 amide bonds. The van der Waals surface area contributed by atoms with Gasteiger partial charge in [0.2, 0.25) is 23.6 Å². The first-order valence-corrected chi connectivity index (χ1v) is 10.1. The first kappa shape index (κ1) is 19.8. The monoisotopic (exact) mass is 418 g/mol. The van der Waals surface area contributed by atoms with Crippen molar-refractivity contribution < 1.29 is 19.2 Å². The molecule has 2 fully saturated rings. The number of anilines is 1. The second-order valence-corrected chi connectivity index (χ2v) is 8.39. The molecule has 1 spiro atoms. The second kappa shape index (κ2) is 6.81. The van der Waals surface area contributed by atoms with Gasteiger partial charge in [0, 0.05) is 24.1 Å². The highest BCUT2D eigenvalue weighted by molar-refractivity contribution is 6.35. The molecule has 0 aromatic heterocycles. The summed E-state index contributed by atoms with van der Waals surface area (Å²) in [6.45, 7) is 3.71. The van der Waals surface area contributed by atoms with Crippen molar-refractivity contribution in [2.45, 2.75) is 50.7 Å². The van der Waals surface area contributed by atoms with Gasteiger partial charge in [-0.25, -0.2) is 0 Å². The Morgan fingerprint density at radius 3 is 2.69 bits per heavy atom. The smallest absolute Gasteiger partial charge is 0.250 e. The van der Waals surface area contributed by atoms with Crippen LogP contribution in [-0.4, -0.2) is 40.6 Å². The van der Waals surface area contributed by atoms with Crippen LogP contribution in [-0.2, 0) is 24.7 Å². The van der Waals surface area contributed by atoms with Gasteiger partial charge in [0.25, 0.3) is 0 Å². The lowest BCUT2D eigenvalue weighted by Gasteiger charge is -2.31. The van der Waals surface area contributed by atoms with E-state index in [1.807, 2.05) is 13.8 Å². The van der Waals surface area contributed by atoms with E-state index in [0.717, 1.165) is 0 Å². The number of halogens is 1. The minimum atomic E-state index is -1.40. The summed E-state index contributed by atoms with van der Waals surface area (Å²) in [6.07, 6.45) is 0.915. The van der Waals surface area contributed by atoms with E-state index in [2.05, 4.69) is 10.6 Å². The van der Waals surface area contributed by atoms with Crippen molar-refractivity contribution in [3.05, 3.63) is 28.8 Å². The van der Waals surface area contributed by atoms with E-state index in [1.54, 1.807) is 18.2 Å². The molecule has 0 radical (unpaired) electrons. The number of amides is 4. The zero-order valence-corrected chi connectivity index (χ0v) is 17.0. The number of likely N-dealkylation sites (tertiary alicyclic amines) is 1. The molecule has 5 atom stereocenters. The summed E-state index contributed by atoms with van der Waals surface area (Å²) in [5.41, 5.74) is 4.91. The van der Waals surface area contributed by atoms with Gasteiger partial charge in [-0.15, -0.1) is 0 Å². The molecule has 0 saturated carbocycles. The van der Waals surface area contributed by atoms with E-state index < -0.39 is 35.2 Å². The summed E-state index contributed by atoms with van der Waals surface area (Å²) in [4.78, 5) is 52.6. The van der Waals surface area contributed by atoms with Gasteiger partial charge in [-0.3, -0.25) is 29.4 Å². The number of rotatable bonds is 5. The predicted molar refractivity (Wildman–Crippen MR) is 106 cm³/mol. The molecule has 8 nitrogen and oxygen atoms in total. The molecule has 0 bridgehead atoms. The molecular weight excluding hydrogens is 396 g/mol. The number of fused-ring (bicyclic) bond motifs is 4. The van der Waals surface area contributed by atoms with Crippen LogP contribution in [0.3, 0.4) is 0 Å². The van der Waals surface area contributed by atoms with Gasteiger partial charge in [-0.05, 0) is 25.8 Å². The lowest BCUT2D eigenvalue weighted by atomic mass is 9.76. The number of hydrogen-bond donors (Lipinski definition) is 3. The van der Waals surface area contributed by atoms with Crippen LogP contribution < -0.4 is 16.4 Å². The van der Waals surface area contributed by atoms with Crippen molar-refractivity contribution in [1.82, 2.24) is 10.2 Å². The van der Waals surface area contributed by atoms with Crippen molar-refractivity contribution >= 4 is 40.9 Å². The van der Waals surface area contributed by atoms with Crippen molar-refractivity contribution in [2.24, 2.45) is 17.6 Å². The summed E-state index contributed by atoms with van der Waals surface area (Å²) in [6, 6.07) is 4.30. The van der Waals surface area contributed by atoms with E-state index >= 15 is 0 Å². The molecule has 2 saturated heterocycles. The first-order chi connectivity index (χ1) is 13.7. The maximum atomic E-state index is 13.4. The Labute approximate surface area is 173 Å². The summed E-state index contributed by atoms with van der Waals surface area (Å²) >= 11 is 6.28. The summed E-state index contributed by atoms with van der Waals surface area (Å²) in [5, 5.41) is 6.39. The molecule has 154 valence electrons. The third-order valence-electron chi connectivity index (χ3n) is 6.47.